The van der Waals surface area contributed by atoms with E-state index >= 15 is 0 Å². The zero-order valence-electron chi connectivity index (χ0n) is 10.6. The van der Waals surface area contributed by atoms with Gasteiger partial charge in [0.15, 0.2) is 6.23 Å². The van der Waals surface area contributed by atoms with Crippen LogP contribution in [-0.4, -0.2) is 24.6 Å². The molecular weight excluding hydrogens is 198 g/mol. The summed E-state index contributed by atoms with van der Waals surface area (Å²) < 4.78 is 5.73. The van der Waals surface area contributed by atoms with Gasteiger partial charge in [0.2, 0.25) is 0 Å². The van der Waals surface area contributed by atoms with Crippen molar-refractivity contribution >= 4 is 0 Å². The maximum atomic E-state index is 5.73. The second-order valence-corrected chi connectivity index (χ2v) is 3.66. The minimum atomic E-state index is 0.735. The fraction of sp³-hybridized carbons (Fsp3) is 0.500. The van der Waals surface area contributed by atoms with Crippen LogP contribution in [0.15, 0.2) is 30.3 Å². The van der Waals surface area contributed by atoms with Gasteiger partial charge in [0.25, 0.3) is 0 Å². The molecule has 1 radical (unpaired) electrons. The Balaban J connectivity index is 2.63. The van der Waals surface area contributed by atoms with Gasteiger partial charge in [-0.1, -0.05) is 44.2 Å². The van der Waals surface area contributed by atoms with Crippen molar-refractivity contribution in [3.05, 3.63) is 42.1 Å². The summed E-state index contributed by atoms with van der Waals surface area (Å²) in [6.07, 6.45) is 1.97. The Kier molecular flexibility index (Phi) is 6.12. The zero-order valence-corrected chi connectivity index (χ0v) is 10.6. The van der Waals surface area contributed by atoms with Crippen molar-refractivity contribution in [3.63, 3.8) is 0 Å². The minimum Gasteiger partial charge on any atom is -0.356 e. The van der Waals surface area contributed by atoms with Gasteiger partial charge in [-0.2, -0.15) is 0 Å². The number of likely N-dealkylation sites (N-methyl/N-ethyl adjacent to an activating group) is 1. The quantitative estimate of drug-likeness (QED) is 0.700. The van der Waals surface area contributed by atoms with E-state index in [2.05, 4.69) is 43.0 Å². The summed E-state index contributed by atoms with van der Waals surface area (Å²) in [4.78, 5) is 2.27. The molecule has 89 valence electrons. The van der Waals surface area contributed by atoms with Gasteiger partial charge in [0.05, 0.1) is 0 Å². The maximum absolute atomic E-state index is 5.73. The summed E-state index contributed by atoms with van der Waals surface area (Å²) in [7, 11) is 0. The molecule has 0 aliphatic carbocycles. The Labute approximate surface area is 99.2 Å². The van der Waals surface area contributed by atoms with Crippen LogP contribution < -0.4 is 0 Å². The van der Waals surface area contributed by atoms with E-state index in [1.54, 1.807) is 0 Å². The first-order chi connectivity index (χ1) is 7.81. The van der Waals surface area contributed by atoms with Gasteiger partial charge in [0, 0.05) is 13.0 Å². The van der Waals surface area contributed by atoms with Gasteiger partial charge in [-0.25, -0.2) is 0 Å². The van der Waals surface area contributed by atoms with Gasteiger partial charge in [-0.3, -0.25) is 4.90 Å². The number of ether oxygens (including phenoxy) is 1. The Morgan fingerprint density at radius 3 is 2.19 bits per heavy atom. The van der Waals surface area contributed by atoms with Gasteiger partial charge in [0.1, 0.15) is 0 Å². The number of rotatable bonds is 7. The molecule has 0 N–H and O–H groups in total. The lowest BCUT2D eigenvalue weighted by atomic mass is 10.1. The van der Waals surface area contributed by atoms with E-state index in [9.17, 15) is 0 Å². The third-order valence-corrected chi connectivity index (χ3v) is 2.63. The molecule has 0 unspecified atom stereocenters. The predicted molar refractivity (Wildman–Crippen MR) is 67.9 cm³/mol. The third-order valence-electron chi connectivity index (χ3n) is 2.63. The lowest BCUT2D eigenvalue weighted by molar-refractivity contribution is 0.0448. The third kappa shape index (κ3) is 3.95. The SMILES string of the molecule is CCO[C](Cc1ccccc1)N(CC)CC. The molecule has 1 rings (SSSR count). The van der Waals surface area contributed by atoms with Crippen molar-refractivity contribution in [2.75, 3.05) is 19.7 Å². The van der Waals surface area contributed by atoms with Crippen LogP contribution in [0.3, 0.4) is 0 Å². The number of nitrogens with zero attached hydrogens (tertiary/aromatic N) is 1. The highest BCUT2D eigenvalue weighted by Crippen LogP contribution is 2.16. The molecule has 2 nitrogen and oxygen atoms in total. The summed E-state index contributed by atoms with van der Waals surface area (Å²) >= 11 is 0. The first-order valence-electron chi connectivity index (χ1n) is 6.09. The highest BCUT2D eigenvalue weighted by atomic mass is 16.5. The van der Waals surface area contributed by atoms with Crippen LogP contribution in [0.4, 0.5) is 0 Å². The predicted octanol–water partition coefficient (Wildman–Crippen LogP) is 3.10. The van der Waals surface area contributed by atoms with Crippen LogP contribution in [0, 0.1) is 6.23 Å². The van der Waals surface area contributed by atoms with Gasteiger partial charge in [-0.05, 0) is 25.6 Å². The molecule has 2 heteroatoms. The Morgan fingerprint density at radius 1 is 1.06 bits per heavy atom. The second-order valence-electron chi connectivity index (χ2n) is 3.66. The van der Waals surface area contributed by atoms with Crippen LogP contribution >= 0.6 is 0 Å². The molecule has 0 amide bonds. The van der Waals surface area contributed by atoms with Crippen LogP contribution in [0.1, 0.15) is 26.3 Å². The molecule has 0 bridgehead atoms. The van der Waals surface area contributed by atoms with E-state index in [0.29, 0.717) is 0 Å². The lowest BCUT2D eigenvalue weighted by Crippen LogP contribution is -2.31. The van der Waals surface area contributed by atoms with Crippen molar-refractivity contribution < 1.29 is 4.74 Å². The average molecular weight is 220 g/mol. The average Bonchev–Trinajstić information content (AvgIpc) is 2.32. The second kappa shape index (κ2) is 7.42. The normalized spacial score (nSPS) is 11.3. The smallest absolute Gasteiger partial charge is 0.169 e. The highest BCUT2D eigenvalue weighted by Gasteiger charge is 2.17. The molecule has 1 aromatic rings. The Morgan fingerprint density at radius 2 is 1.69 bits per heavy atom. The molecule has 0 aromatic heterocycles. The van der Waals surface area contributed by atoms with E-state index in [0.717, 1.165) is 32.3 Å². The molecular formula is C14H22NO. The minimum absolute atomic E-state index is 0.735. The maximum Gasteiger partial charge on any atom is 0.169 e. The summed E-state index contributed by atoms with van der Waals surface area (Å²) in [6.45, 7) is 9.09. The molecule has 1 aromatic carbocycles. The lowest BCUT2D eigenvalue weighted by Gasteiger charge is -2.27. The van der Waals surface area contributed by atoms with Crippen LogP contribution in [0.5, 0.6) is 0 Å². The van der Waals surface area contributed by atoms with Crippen molar-refractivity contribution in [2.45, 2.75) is 27.2 Å². The largest absolute Gasteiger partial charge is 0.356 e. The van der Waals surface area contributed by atoms with Crippen LogP contribution in [0.2, 0.25) is 0 Å². The zero-order chi connectivity index (χ0) is 11.8. The van der Waals surface area contributed by atoms with Crippen LogP contribution in [0.25, 0.3) is 0 Å². The van der Waals surface area contributed by atoms with Crippen molar-refractivity contribution in [1.29, 1.82) is 0 Å². The summed E-state index contributed by atoms with van der Waals surface area (Å²) in [5.41, 5.74) is 1.30. The number of hydrogen-bond donors (Lipinski definition) is 0. The molecule has 0 aliphatic heterocycles. The van der Waals surface area contributed by atoms with Gasteiger partial charge >= 0.3 is 0 Å². The summed E-state index contributed by atoms with van der Waals surface area (Å²) in [5.74, 6) is 0. The molecule has 0 atom stereocenters. The van der Waals surface area contributed by atoms with E-state index in [4.69, 9.17) is 4.74 Å². The Hall–Kier alpha value is -0.860. The first kappa shape index (κ1) is 13.2. The van der Waals surface area contributed by atoms with E-state index in [-0.39, 0.29) is 0 Å². The van der Waals surface area contributed by atoms with E-state index in [1.807, 2.05) is 13.0 Å². The number of benzene rings is 1. The fourth-order valence-corrected chi connectivity index (χ4v) is 1.77. The topological polar surface area (TPSA) is 12.5 Å². The van der Waals surface area contributed by atoms with Gasteiger partial charge in [-0.15, -0.1) is 0 Å². The summed E-state index contributed by atoms with van der Waals surface area (Å²) in [5, 5.41) is 0. The monoisotopic (exact) mass is 220 g/mol. The van der Waals surface area contributed by atoms with Crippen LogP contribution in [-0.2, 0) is 11.2 Å². The Bertz CT molecular complexity index is 269. The molecule has 0 aliphatic rings. The van der Waals surface area contributed by atoms with E-state index < -0.39 is 0 Å². The summed E-state index contributed by atoms with van der Waals surface area (Å²) in [6, 6.07) is 10.5. The molecule has 16 heavy (non-hydrogen) atoms. The van der Waals surface area contributed by atoms with Crippen molar-refractivity contribution in [2.24, 2.45) is 0 Å². The molecule has 0 saturated carbocycles. The van der Waals surface area contributed by atoms with Crippen molar-refractivity contribution in [3.8, 4) is 0 Å². The molecule has 0 fully saturated rings. The van der Waals surface area contributed by atoms with E-state index in [1.165, 1.54) is 5.56 Å². The fourth-order valence-electron chi connectivity index (χ4n) is 1.77. The highest BCUT2D eigenvalue weighted by molar-refractivity contribution is 5.17. The molecule has 0 heterocycles. The van der Waals surface area contributed by atoms with Gasteiger partial charge < -0.3 is 4.74 Å². The number of hydrogen-bond acceptors (Lipinski definition) is 2. The first-order valence-corrected chi connectivity index (χ1v) is 6.09. The van der Waals surface area contributed by atoms with Crippen molar-refractivity contribution in [1.82, 2.24) is 4.90 Å². The standard InChI is InChI=1S/C14H22NO/c1-4-15(5-2)14(16-6-3)12-13-10-8-7-9-11-13/h7-11H,4-6,12H2,1-3H3. The molecule has 0 spiro atoms. The molecule has 0 saturated heterocycles.